The third-order valence-corrected chi connectivity index (χ3v) is 6.14. The number of hydrogen-bond donors (Lipinski definition) is 0. The van der Waals surface area contributed by atoms with Gasteiger partial charge in [0.05, 0.1) is 13.0 Å². The van der Waals surface area contributed by atoms with Crippen molar-refractivity contribution in [2.45, 2.75) is 66.3 Å². The first-order valence-corrected chi connectivity index (χ1v) is 10.3. The Morgan fingerprint density at radius 2 is 2.04 bits per heavy atom. The van der Waals surface area contributed by atoms with E-state index < -0.39 is 0 Å². The molecule has 1 aliphatic carbocycles. The molecule has 2 aliphatic rings. The number of rotatable bonds is 6. The fourth-order valence-corrected chi connectivity index (χ4v) is 4.84. The number of likely N-dealkylation sites (tertiary alicyclic amines) is 1. The fourth-order valence-electron chi connectivity index (χ4n) is 4.84. The molecule has 0 bridgehead atoms. The maximum Gasteiger partial charge on any atom is 0.227 e. The molecular weight excluding hydrogens is 340 g/mol. The van der Waals surface area contributed by atoms with Crippen molar-refractivity contribution in [3.8, 4) is 0 Å². The summed E-state index contributed by atoms with van der Waals surface area (Å²) in [7, 11) is 1.71. The Labute approximate surface area is 163 Å². The molecule has 1 atom stereocenters. The summed E-state index contributed by atoms with van der Waals surface area (Å²) >= 11 is 0. The summed E-state index contributed by atoms with van der Waals surface area (Å²) in [6, 6.07) is 0. The largest absolute Gasteiger partial charge is 0.384 e. The molecule has 27 heavy (non-hydrogen) atoms. The molecule has 0 saturated carbocycles. The van der Waals surface area contributed by atoms with E-state index in [-0.39, 0.29) is 17.1 Å². The first-order valence-electron chi connectivity index (χ1n) is 10.3. The highest BCUT2D eigenvalue weighted by Crippen LogP contribution is 2.39. The van der Waals surface area contributed by atoms with Gasteiger partial charge in [-0.15, -0.1) is 0 Å². The van der Waals surface area contributed by atoms with E-state index in [1.54, 1.807) is 7.11 Å². The first-order chi connectivity index (χ1) is 12.8. The van der Waals surface area contributed by atoms with Crippen LogP contribution in [-0.4, -0.2) is 48.0 Å². The lowest BCUT2D eigenvalue weighted by molar-refractivity contribution is -0.129. The minimum atomic E-state index is -0.00995. The molecule has 1 fully saturated rings. The molecule has 5 nitrogen and oxygen atoms in total. The monoisotopic (exact) mass is 374 g/mol. The SMILES string of the molecule is CCCn1c(C)c(CC(=O)N2CC[C@H](COC)C2)c2c1CC(C)(C)CC2=O. The number of nitrogens with zero attached hydrogens (tertiary/aromatic N) is 2. The van der Waals surface area contributed by atoms with Gasteiger partial charge in [0.1, 0.15) is 0 Å². The average Bonchev–Trinajstić information content (AvgIpc) is 3.13. The Balaban J connectivity index is 1.88. The van der Waals surface area contributed by atoms with E-state index in [1.165, 1.54) is 0 Å². The van der Waals surface area contributed by atoms with Crippen molar-refractivity contribution in [3.05, 3.63) is 22.5 Å². The van der Waals surface area contributed by atoms with Gasteiger partial charge in [-0.1, -0.05) is 20.8 Å². The first kappa shape index (κ1) is 20.1. The molecule has 1 aromatic rings. The minimum Gasteiger partial charge on any atom is -0.384 e. The molecule has 1 aliphatic heterocycles. The van der Waals surface area contributed by atoms with Crippen molar-refractivity contribution in [1.82, 2.24) is 9.47 Å². The van der Waals surface area contributed by atoms with Crippen LogP contribution in [0.4, 0.5) is 0 Å². The number of methoxy groups -OCH3 is 1. The van der Waals surface area contributed by atoms with Gasteiger partial charge in [-0.05, 0) is 37.2 Å². The van der Waals surface area contributed by atoms with Crippen LogP contribution < -0.4 is 0 Å². The highest BCUT2D eigenvalue weighted by molar-refractivity contribution is 6.01. The van der Waals surface area contributed by atoms with E-state index in [0.29, 0.717) is 25.4 Å². The predicted molar refractivity (Wildman–Crippen MR) is 106 cm³/mol. The second kappa shape index (κ2) is 7.78. The Kier molecular flexibility index (Phi) is 5.80. The van der Waals surface area contributed by atoms with E-state index in [0.717, 1.165) is 61.4 Å². The molecule has 150 valence electrons. The lowest BCUT2D eigenvalue weighted by atomic mass is 9.75. The van der Waals surface area contributed by atoms with Crippen LogP contribution in [-0.2, 0) is 28.9 Å². The Morgan fingerprint density at radius 3 is 2.70 bits per heavy atom. The summed E-state index contributed by atoms with van der Waals surface area (Å²) in [6.07, 6.45) is 3.84. The molecular formula is C22H34N2O3. The van der Waals surface area contributed by atoms with E-state index in [2.05, 4.69) is 32.3 Å². The van der Waals surface area contributed by atoms with Gasteiger partial charge in [-0.3, -0.25) is 9.59 Å². The molecule has 0 N–H and O–H groups in total. The van der Waals surface area contributed by atoms with Crippen molar-refractivity contribution < 1.29 is 14.3 Å². The summed E-state index contributed by atoms with van der Waals surface area (Å²) in [4.78, 5) is 27.9. The Morgan fingerprint density at radius 1 is 1.30 bits per heavy atom. The number of carbonyl (C=O) groups is 2. The molecule has 0 aromatic carbocycles. The second-order valence-corrected chi connectivity index (χ2v) is 9.10. The summed E-state index contributed by atoms with van der Waals surface area (Å²) in [6.45, 7) is 11.7. The highest BCUT2D eigenvalue weighted by atomic mass is 16.5. The number of aromatic nitrogens is 1. The second-order valence-electron chi connectivity index (χ2n) is 9.10. The van der Waals surface area contributed by atoms with Gasteiger partial charge in [0.25, 0.3) is 0 Å². The zero-order valence-electron chi connectivity index (χ0n) is 17.6. The third-order valence-electron chi connectivity index (χ3n) is 6.14. The van der Waals surface area contributed by atoms with Crippen molar-refractivity contribution in [2.75, 3.05) is 26.8 Å². The van der Waals surface area contributed by atoms with Crippen LogP contribution in [0.15, 0.2) is 0 Å². The molecule has 3 rings (SSSR count). The summed E-state index contributed by atoms with van der Waals surface area (Å²) in [5.74, 6) is 0.785. The number of Topliss-reactive ketones (excluding diaryl/α,β-unsaturated/α-hetero) is 1. The van der Waals surface area contributed by atoms with Crippen LogP contribution in [0.2, 0.25) is 0 Å². The smallest absolute Gasteiger partial charge is 0.227 e. The van der Waals surface area contributed by atoms with Crippen molar-refractivity contribution >= 4 is 11.7 Å². The van der Waals surface area contributed by atoms with Crippen LogP contribution in [0.3, 0.4) is 0 Å². The number of carbonyl (C=O) groups excluding carboxylic acids is 2. The van der Waals surface area contributed by atoms with Gasteiger partial charge in [0.2, 0.25) is 5.91 Å². The van der Waals surface area contributed by atoms with Gasteiger partial charge < -0.3 is 14.2 Å². The predicted octanol–water partition coefficient (Wildman–Crippen LogP) is 3.40. The van der Waals surface area contributed by atoms with Crippen molar-refractivity contribution in [1.29, 1.82) is 0 Å². The van der Waals surface area contributed by atoms with E-state index in [9.17, 15) is 9.59 Å². The number of fused-ring (bicyclic) bond motifs is 1. The molecule has 0 unspecified atom stereocenters. The van der Waals surface area contributed by atoms with E-state index in [4.69, 9.17) is 4.74 Å². The van der Waals surface area contributed by atoms with Crippen LogP contribution in [0.5, 0.6) is 0 Å². The maximum atomic E-state index is 13.0. The topological polar surface area (TPSA) is 51.5 Å². The Hall–Kier alpha value is -1.62. The van der Waals surface area contributed by atoms with Crippen LogP contribution in [0.1, 0.15) is 67.3 Å². The van der Waals surface area contributed by atoms with E-state index >= 15 is 0 Å². The molecule has 1 aromatic heterocycles. The van der Waals surface area contributed by atoms with Crippen LogP contribution in [0.25, 0.3) is 0 Å². The maximum absolute atomic E-state index is 13.0. The molecule has 2 heterocycles. The quantitative estimate of drug-likeness (QED) is 0.767. The van der Waals surface area contributed by atoms with E-state index in [1.807, 2.05) is 4.90 Å². The number of ketones is 1. The van der Waals surface area contributed by atoms with Crippen LogP contribution in [0, 0.1) is 18.3 Å². The molecule has 0 spiro atoms. The number of amides is 1. The lowest BCUT2D eigenvalue weighted by Crippen LogP contribution is -2.32. The third kappa shape index (κ3) is 3.98. The zero-order chi connectivity index (χ0) is 19.8. The summed E-state index contributed by atoms with van der Waals surface area (Å²) in [5, 5.41) is 0. The standard InChI is InChI=1S/C22H34N2O3/c1-6-8-24-15(2)17(21-18(24)11-22(3,4)12-19(21)25)10-20(26)23-9-7-16(13-23)14-27-5/h16H,6-14H2,1-5H3/t16-/m0/s1. The van der Waals surface area contributed by atoms with Crippen molar-refractivity contribution in [2.24, 2.45) is 11.3 Å². The number of hydrogen-bond acceptors (Lipinski definition) is 3. The fraction of sp³-hybridized carbons (Fsp3) is 0.727. The normalized spacial score (nSPS) is 21.6. The summed E-state index contributed by atoms with van der Waals surface area (Å²) in [5.41, 5.74) is 4.07. The zero-order valence-corrected chi connectivity index (χ0v) is 17.6. The van der Waals surface area contributed by atoms with Gasteiger partial charge >= 0.3 is 0 Å². The highest BCUT2D eigenvalue weighted by Gasteiger charge is 2.37. The Bertz CT molecular complexity index is 732. The van der Waals surface area contributed by atoms with Gasteiger partial charge in [0, 0.05) is 56.0 Å². The van der Waals surface area contributed by atoms with Crippen LogP contribution >= 0.6 is 0 Å². The minimum absolute atomic E-state index is 0.00995. The lowest BCUT2D eigenvalue weighted by Gasteiger charge is -2.30. The molecule has 0 radical (unpaired) electrons. The summed E-state index contributed by atoms with van der Waals surface area (Å²) < 4.78 is 7.54. The number of ether oxygens (including phenoxy) is 1. The van der Waals surface area contributed by atoms with Gasteiger partial charge in [-0.25, -0.2) is 0 Å². The van der Waals surface area contributed by atoms with Crippen molar-refractivity contribution in [3.63, 3.8) is 0 Å². The van der Waals surface area contributed by atoms with Gasteiger partial charge in [-0.2, -0.15) is 0 Å². The molecule has 5 heteroatoms. The molecule has 1 saturated heterocycles. The average molecular weight is 375 g/mol. The molecule has 1 amide bonds. The van der Waals surface area contributed by atoms with Gasteiger partial charge in [0.15, 0.2) is 5.78 Å².